The maximum absolute atomic E-state index is 13.8. The van der Waals surface area contributed by atoms with Gasteiger partial charge in [-0.05, 0) is 45.0 Å². The van der Waals surface area contributed by atoms with Crippen molar-refractivity contribution < 1.29 is 4.79 Å². The molecule has 4 aromatic rings. The Labute approximate surface area is 206 Å². The van der Waals surface area contributed by atoms with E-state index in [4.69, 9.17) is 11.6 Å². The number of para-hydroxylation sites is 1. The van der Waals surface area contributed by atoms with E-state index in [9.17, 15) is 9.59 Å². The largest absolute Gasteiger partial charge is 0.355 e. The number of carbonyl (C=O) groups is 1. The van der Waals surface area contributed by atoms with Crippen molar-refractivity contribution in [2.45, 2.75) is 31.2 Å². The Balaban J connectivity index is 1.95. The van der Waals surface area contributed by atoms with Gasteiger partial charge in [0.25, 0.3) is 5.56 Å². The van der Waals surface area contributed by atoms with Gasteiger partial charge in [-0.15, -0.1) is 10.2 Å². The van der Waals surface area contributed by atoms with Gasteiger partial charge in [-0.25, -0.2) is 4.68 Å². The number of hydrogen-bond donors (Lipinski definition) is 1. The summed E-state index contributed by atoms with van der Waals surface area (Å²) in [5, 5.41) is 12.1. The Morgan fingerprint density at radius 2 is 1.79 bits per heavy atom. The van der Waals surface area contributed by atoms with Crippen LogP contribution in [0.25, 0.3) is 22.8 Å². The van der Waals surface area contributed by atoms with Gasteiger partial charge in [-0.1, -0.05) is 53.7 Å². The van der Waals surface area contributed by atoms with Gasteiger partial charge in [0.15, 0.2) is 11.0 Å². The molecule has 0 aliphatic rings. The number of benzene rings is 2. The lowest BCUT2D eigenvalue weighted by molar-refractivity contribution is -0.120. The van der Waals surface area contributed by atoms with E-state index < -0.39 is 5.25 Å². The first-order valence-corrected chi connectivity index (χ1v) is 12.1. The molecule has 1 N–H and O–H groups in total. The van der Waals surface area contributed by atoms with Gasteiger partial charge < -0.3 is 5.32 Å². The van der Waals surface area contributed by atoms with Crippen molar-refractivity contribution in [3.8, 4) is 22.8 Å². The van der Waals surface area contributed by atoms with Crippen LogP contribution in [0, 0.1) is 6.92 Å². The van der Waals surface area contributed by atoms with Crippen molar-refractivity contribution in [2.75, 3.05) is 6.54 Å². The monoisotopic (exact) mass is 496 g/mol. The van der Waals surface area contributed by atoms with Crippen molar-refractivity contribution in [3.05, 3.63) is 75.7 Å². The maximum Gasteiger partial charge on any atom is 0.296 e. The number of nitrogens with one attached hydrogen (secondary N) is 1. The van der Waals surface area contributed by atoms with Crippen LogP contribution >= 0.6 is 23.4 Å². The number of hydrogen-bond acceptors (Lipinski definition) is 5. The van der Waals surface area contributed by atoms with Crippen LogP contribution in [0.3, 0.4) is 0 Å². The zero-order valence-electron chi connectivity index (χ0n) is 19.3. The van der Waals surface area contributed by atoms with E-state index >= 15 is 0 Å². The molecule has 4 rings (SSSR count). The molecule has 2 aromatic heterocycles. The molecule has 2 heterocycles. The fourth-order valence-corrected chi connectivity index (χ4v) is 4.80. The Morgan fingerprint density at radius 3 is 2.47 bits per heavy atom. The molecule has 2 aromatic carbocycles. The topological polar surface area (TPSA) is 86.7 Å². The number of thioether (sulfide) groups is 1. The zero-order valence-corrected chi connectivity index (χ0v) is 20.9. The predicted octanol–water partition coefficient (Wildman–Crippen LogP) is 4.00. The highest BCUT2D eigenvalue weighted by Crippen LogP contribution is 2.33. The fraction of sp³-hybridized carbons (Fsp3) is 0.250. The van der Waals surface area contributed by atoms with Crippen LogP contribution in [0.1, 0.15) is 19.5 Å². The molecule has 10 heteroatoms. The van der Waals surface area contributed by atoms with Gasteiger partial charge in [-0.3, -0.25) is 18.8 Å². The average Bonchev–Trinajstić information content (AvgIpc) is 3.32. The number of amides is 1. The number of aromatic nitrogens is 5. The fourth-order valence-electron chi connectivity index (χ4n) is 3.71. The molecule has 1 atom stereocenters. The second kappa shape index (κ2) is 9.90. The first-order chi connectivity index (χ1) is 16.3. The molecule has 0 fully saturated rings. The van der Waals surface area contributed by atoms with E-state index in [1.54, 1.807) is 26.9 Å². The molecule has 34 heavy (non-hydrogen) atoms. The summed E-state index contributed by atoms with van der Waals surface area (Å²) in [4.78, 5) is 26.2. The molecule has 0 aliphatic carbocycles. The molecule has 8 nitrogen and oxygen atoms in total. The Morgan fingerprint density at radius 1 is 1.12 bits per heavy atom. The summed E-state index contributed by atoms with van der Waals surface area (Å²) in [7, 11) is 1.83. The lowest BCUT2D eigenvalue weighted by atomic mass is 10.2. The molecular weight excluding hydrogens is 472 g/mol. The first kappa shape index (κ1) is 23.8. The molecule has 1 unspecified atom stereocenters. The molecule has 0 saturated heterocycles. The minimum absolute atomic E-state index is 0.118. The normalized spacial score (nSPS) is 12.0. The second-order valence-electron chi connectivity index (χ2n) is 7.69. The molecule has 176 valence electrons. The SMILES string of the molecule is CCNC(=O)C(C)Sc1nnc(-c2ccccc2Cl)n1-c1c(C)n(C)n(-c2ccccc2)c1=O. The van der Waals surface area contributed by atoms with Crippen LogP contribution in [0.2, 0.25) is 5.02 Å². The molecule has 0 radical (unpaired) electrons. The highest BCUT2D eigenvalue weighted by atomic mass is 35.5. The molecule has 0 saturated carbocycles. The summed E-state index contributed by atoms with van der Waals surface area (Å²) >= 11 is 7.74. The van der Waals surface area contributed by atoms with Crippen LogP contribution in [0.5, 0.6) is 0 Å². The molecule has 0 spiro atoms. The lowest BCUT2D eigenvalue weighted by Gasteiger charge is -2.13. The summed E-state index contributed by atoms with van der Waals surface area (Å²) in [6.07, 6.45) is 0. The Hall–Kier alpha value is -3.30. The Bertz CT molecular complexity index is 1390. The third-order valence-corrected chi connectivity index (χ3v) is 6.87. The minimum Gasteiger partial charge on any atom is -0.355 e. The van der Waals surface area contributed by atoms with Crippen LogP contribution in [-0.4, -0.2) is 41.8 Å². The van der Waals surface area contributed by atoms with Gasteiger partial charge in [0.1, 0.15) is 5.69 Å². The molecular formula is C24H25ClN6O2S. The smallest absolute Gasteiger partial charge is 0.296 e. The first-order valence-electron chi connectivity index (χ1n) is 10.8. The zero-order chi connectivity index (χ0) is 24.4. The third kappa shape index (κ3) is 4.28. The van der Waals surface area contributed by atoms with Crippen molar-refractivity contribution in [3.63, 3.8) is 0 Å². The van der Waals surface area contributed by atoms with E-state index in [1.165, 1.54) is 11.8 Å². The molecule has 0 bridgehead atoms. The van der Waals surface area contributed by atoms with E-state index in [2.05, 4.69) is 15.5 Å². The minimum atomic E-state index is -0.442. The second-order valence-corrected chi connectivity index (χ2v) is 9.40. The van der Waals surface area contributed by atoms with Crippen LogP contribution in [0.15, 0.2) is 64.5 Å². The average molecular weight is 497 g/mol. The lowest BCUT2D eigenvalue weighted by Crippen LogP contribution is -2.30. The summed E-state index contributed by atoms with van der Waals surface area (Å²) in [6.45, 7) is 6.06. The van der Waals surface area contributed by atoms with Gasteiger partial charge in [0, 0.05) is 19.2 Å². The number of rotatable bonds is 7. The summed E-state index contributed by atoms with van der Waals surface area (Å²) in [6, 6.07) is 16.7. The molecule has 0 aliphatic heterocycles. The van der Waals surface area contributed by atoms with Crippen LogP contribution in [0.4, 0.5) is 0 Å². The summed E-state index contributed by atoms with van der Waals surface area (Å²) in [5.74, 6) is 0.315. The maximum atomic E-state index is 13.8. The van der Waals surface area contributed by atoms with E-state index in [1.807, 2.05) is 69.4 Å². The predicted molar refractivity (Wildman–Crippen MR) is 135 cm³/mol. The van der Waals surface area contributed by atoms with E-state index in [0.717, 1.165) is 11.4 Å². The standard InChI is InChI=1S/C24H25ClN6O2S/c1-5-26-22(32)16(3)34-24-28-27-21(18-13-9-10-14-19(18)25)30(24)20-15(2)29(4)31(23(20)33)17-11-7-6-8-12-17/h6-14,16H,5H2,1-4H3,(H,26,32). The van der Waals surface area contributed by atoms with Gasteiger partial charge >= 0.3 is 0 Å². The highest BCUT2D eigenvalue weighted by Gasteiger charge is 2.27. The van der Waals surface area contributed by atoms with Crippen LogP contribution in [-0.2, 0) is 11.8 Å². The third-order valence-electron chi connectivity index (χ3n) is 5.50. The van der Waals surface area contributed by atoms with Crippen molar-refractivity contribution >= 4 is 29.3 Å². The van der Waals surface area contributed by atoms with Crippen molar-refractivity contribution in [1.29, 1.82) is 0 Å². The van der Waals surface area contributed by atoms with Crippen molar-refractivity contribution in [2.24, 2.45) is 7.05 Å². The van der Waals surface area contributed by atoms with Gasteiger partial charge in [-0.2, -0.15) is 0 Å². The highest BCUT2D eigenvalue weighted by molar-refractivity contribution is 8.00. The summed E-state index contributed by atoms with van der Waals surface area (Å²) < 4.78 is 5.10. The molecule has 1 amide bonds. The quantitative estimate of drug-likeness (QED) is 0.391. The van der Waals surface area contributed by atoms with Crippen molar-refractivity contribution in [1.82, 2.24) is 29.4 Å². The number of halogens is 1. The Kier molecular flexibility index (Phi) is 6.95. The van der Waals surface area contributed by atoms with Gasteiger partial charge in [0.05, 0.1) is 21.7 Å². The van der Waals surface area contributed by atoms with E-state index in [0.29, 0.717) is 33.8 Å². The van der Waals surface area contributed by atoms with E-state index in [-0.39, 0.29) is 11.5 Å². The summed E-state index contributed by atoms with van der Waals surface area (Å²) in [5.41, 5.74) is 2.27. The number of carbonyl (C=O) groups excluding carboxylic acids is 1. The van der Waals surface area contributed by atoms with Gasteiger partial charge in [0.2, 0.25) is 5.91 Å². The van der Waals surface area contributed by atoms with Crippen LogP contribution < -0.4 is 10.9 Å². The number of nitrogens with zero attached hydrogens (tertiary/aromatic N) is 5.